The molecule has 3 rings (SSSR count). The molecule has 1 aliphatic rings. The van der Waals surface area contributed by atoms with E-state index in [-0.39, 0.29) is 12.3 Å². The first-order valence-corrected chi connectivity index (χ1v) is 10.2. The molecule has 2 aromatic rings. The third-order valence-electron chi connectivity index (χ3n) is 4.40. The molecule has 7 heteroatoms. The van der Waals surface area contributed by atoms with Gasteiger partial charge in [-0.3, -0.25) is 4.79 Å². The van der Waals surface area contributed by atoms with E-state index in [1.54, 1.807) is 0 Å². The summed E-state index contributed by atoms with van der Waals surface area (Å²) in [5.41, 5.74) is 2.37. The summed E-state index contributed by atoms with van der Waals surface area (Å²) < 4.78 is 0. The van der Waals surface area contributed by atoms with Crippen molar-refractivity contribution in [1.82, 2.24) is 10.3 Å². The summed E-state index contributed by atoms with van der Waals surface area (Å²) in [6.07, 6.45) is 8.46. The number of carbonyl (C=O) groups is 2. The molecule has 2 N–H and O–H groups in total. The fraction of sp³-hybridized carbons (Fsp3) is 0.286. The van der Waals surface area contributed by atoms with E-state index >= 15 is 0 Å². The number of carbonyl (C=O) groups excluding carboxylic acids is 1. The van der Waals surface area contributed by atoms with Gasteiger partial charge in [0.25, 0.3) is 0 Å². The van der Waals surface area contributed by atoms with Crippen LogP contribution in [0, 0.1) is 0 Å². The third-order valence-corrected chi connectivity index (χ3v) is 5.56. The molecule has 146 valence electrons. The van der Waals surface area contributed by atoms with Crippen LogP contribution in [0.15, 0.2) is 41.8 Å². The maximum atomic E-state index is 12.2. The average molecular weight is 417 g/mol. The van der Waals surface area contributed by atoms with Gasteiger partial charge in [0, 0.05) is 16.0 Å². The number of carboxylic acids is 1. The molecule has 0 spiro atoms. The molecule has 0 atom stereocenters. The highest BCUT2D eigenvalue weighted by Crippen LogP contribution is 2.35. The Balaban J connectivity index is 1.83. The van der Waals surface area contributed by atoms with Crippen LogP contribution in [0.5, 0.6) is 0 Å². The van der Waals surface area contributed by atoms with Gasteiger partial charge in [-0.15, -0.1) is 11.3 Å². The number of hydrogen-bond acceptors (Lipinski definition) is 4. The van der Waals surface area contributed by atoms with Gasteiger partial charge in [0.2, 0.25) is 5.91 Å². The van der Waals surface area contributed by atoms with Crippen LogP contribution in [0.4, 0.5) is 0 Å². The van der Waals surface area contributed by atoms with Gasteiger partial charge in [-0.25, -0.2) is 9.78 Å². The van der Waals surface area contributed by atoms with Crippen molar-refractivity contribution in [3.05, 3.63) is 58.1 Å². The molecule has 1 aromatic heterocycles. The molecule has 0 unspecified atom stereocenters. The zero-order valence-corrected chi connectivity index (χ0v) is 17.2. The van der Waals surface area contributed by atoms with Crippen molar-refractivity contribution in [2.24, 2.45) is 0 Å². The summed E-state index contributed by atoms with van der Waals surface area (Å²) in [6.45, 7) is 2.90. The number of aliphatic carboxylic acids is 1. The second-order valence-electron chi connectivity index (χ2n) is 7.13. The number of aromatic nitrogens is 1. The Hall–Kier alpha value is -2.44. The highest BCUT2D eigenvalue weighted by molar-refractivity contribution is 7.13. The highest BCUT2D eigenvalue weighted by Gasteiger charge is 2.29. The SMILES string of the molecule is CC(C)(NC(=O)Cc1csc(-c2ccc(Cl)cc2C2=CCCC=C2)n1)C(=O)O. The van der Waals surface area contributed by atoms with Gasteiger partial charge in [-0.05, 0) is 56.0 Å². The Kier molecular flexibility index (Phi) is 6.01. The smallest absolute Gasteiger partial charge is 0.328 e. The van der Waals surface area contributed by atoms with Crippen LogP contribution in [-0.2, 0) is 16.0 Å². The van der Waals surface area contributed by atoms with Crippen LogP contribution in [0.1, 0.15) is 37.9 Å². The molecule has 5 nitrogen and oxygen atoms in total. The van der Waals surface area contributed by atoms with Crippen LogP contribution >= 0.6 is 22.9 Å². The lowest BCUT2D eigenvalue weighted by molar-refractivity contribution is -0.145. The number of carboxylic acid groups (broad SMARTS) is 1. The minimum Gasteiger partial charge on any atom is -0.480 e. The lowest BCUT2D eigenvalue weighted by atomic mass is 9.95. The topological polar surface area (TPSA) is 79.3 Å². The number of benzene rings is 1. The van der Waals surface area contributed by atoms with Crippen molar-refractivity contribution >= 4 is 40.4 Å². The molecule has 28 heavy (non-hydrogen) atoms. The molecular formula is C21H21ClN2O3S. The Labute approximate surface area is 172 Å². The van der Waals surface area contributed by atoms with E-state index in [1.165, 1.54) is 25.2 Å². The first kappa shape index (κ1) is 20.3. The minimum atomic E-state index is -1.32. The number of allylic oxidation sites excluding steroid dienone is 4. The summed E-state index contributed by atoms with van der Waals surface area (Å²) in [7, 11) is 0. The maximum absolute atomic E-state index is 12.2. The molecule has 0 fully saturated rings. The predicted molar refractivity (Wildman–Crippen MR) is 112 cm³/mol. The summed E-state index contributed by atoms with van der Waals surface area (Å²) >= 11 is 7.67. The van der Waals surface area contributed by atoms with E-state index in [2.05, 4.69) is 28.5 Å². The van der Waals surface area contributed by atoms with E-state index in [0.717, 1.165) is 34.5 Å². The highest BCUT2D eigenvalue weighted by atomic mass is 35.5. The van der Waals surface area contributed by atoms with E-state index in [4.69, 9.17) is 16.7 Å². The number of thiazole rings is 1. The average Bonchev–Trinajstić information content (AvgIpc) is 3.09. The molecule has 0 bridgehead atoms. The van der Waals surface area contributed by atoms with Crippen molar-refractivity contribution < 1.29 is 14.7 Å². The normalized spacial score (nSPS) is 13.9. The first-order chi connectivity index (χ1) is 13.3. The van der Waals surface area contributed by atoms with Crippen molar-refractivity contribution in [2.75, 3.05) is 0 Å². The lowest BCUT2D eigenvalue weighted by Crippen LogP contribution is -2.50. The van der Waals surface area contributed by atoms with Crippen LogP contribution in [-0.4, -0.2) is 27.5 Å². The largest absolute Gasteiger partial charge is 0.480 e. The van der Waals surface area contributed by atoms with Gasteiger partial charge < -0.3 is 10.4 Å². The second kappa shape index (κ2) is 8.29. The Morgan fingerprint density at radius 1 is 1.29 bits per heavy atom. The molecule has 1 aromatic carbocycles. The quantitative estimate of drug-likeness (QED) is 0.714. The fourth-order valence-electron chi connectivity index (χ4n) is 2.88. The lowest BCUT2D eigenvalue weighted by Gasteiger charge is -2.20. The second-order valence-corrected chi connectivity index (χ2v) is 8.42. The van der Waals surface area contributed by atoms with Gasteiger partial charge in [0.15, 0.2) is 0 Å². The fourth-order valence-corrected chi connectivity index (χ4v) is 3.91. The number of nitrogens with zero attached hydrogens (tertiary/aromatic N) is 1. The molecule has 0 aliphatic heterocycles. The van der Waals surface area contributed by atoms with Gasteiger partial charge in [-0.1, -0.05) is 29.8 Å². The minimum absolute atomic E-state index is 0.0265. The molecule has 1 heterocycles. The molecule has 0 radical (unpaired) electrons. The number of hydrogen-bond donors (Lipinski definition) is 2. The van der Waals surface area contributed by atoms with E-state index in [9.17, 15) is 9.59 Å². The summed E-state index contributed by atoms with van der Waals surface area (Å²) in [5, 5.41) is 14.9. The zero-order valence-electron chi connectivity index (χ0n) is 15.7. The van der Waals surface area contributed by atoms with Crippen LogP contribution in [0.3, 0.4) is 0 Å². The number of amides is 1. The van der Waals surface area contributed by atoms with Crippen LogP contribution in [0.25, 0.3) is 16.1 Å². The van der Waals surface area contributed by atoms with E-state index in [0.29, 0.717) is 10.7 Å². The van der Waals surface area contributed by atoms with Crippen molar-refractivity contribution in [2.45, 2.75) is 38.6 Å². The molecule has 0 saturated carbocycles. The number of rotatable bonds is 6. The molecule has 0 saturated heterocycles. The first-order valence-electron chi connectivity index (χ1n) is 8.92. The standard InChI is InChI=1S/C21H21ClN2O3S/c1-21(2,20(26)27)24-18(25)11-15-12-28-19(23-15)16-9-8-14(22)10-17(16)13-6-4-3-5-7-13/h4,6-10,12H,3,5,11H2,1-2H3,(H,24,25)(H,26,27). The van der Waals surface area contributed by atoms with E-state index in [1.807, 2.05) is 23.6 Å². The van der Waals surface area contributed by atoms with Gasteiger partial charge in [-0.2, -0.15) is 0 Å². The van der Waals surface area contributed by atoms with Gasteiger partial charge >= 0.3 is 5.97 Å². The van der Waals surface area contributed by atoms with Crippen LogP contribution in [0.2, 0.25) is 5.02 Å². The molecular weight excluding hydrogens is 396 g/mol. The van der Waals surface area contributed by atoms with Crippen molar-refractivity contribution in [1.29, 1.82) is 0 Å². The Bertz CT molecular complexity index is 976. The summed E-state index contributed by atoms with van der Waals surface area (Å²) in [5.74, 6) is -1.46. The van der Waals surface area contributed by atoms with Crippen molar-refractivity contribution in [3.63, 3.8) is 0 Å². The number of nitrogens with one attached hydrogen (secondary N) is 1. The Morgan fingerprint density at radius 3 is 2.75 bits per heavy atom. The van der Waals surface area contributed by atoms with E-state index < -0.39 is 11.5 Å². The van der Waals surface area contributed by atoms with Crippen molar-refractivity contribution in [3.8, 4) is 10.6 Å². The van der Waals surface area contributed by atoms with Gasteiger partial charge in [0.05, 0.1) is 12.1 Å². The number of halogens is 1. The molecule has 1 aliphatic carbocycles. The maximum Gasteiger partial charge on any atom is 0.328 e. The van der Waals surface area contributed by atoms with Crippen LogP contribution < -0.4 is 5.32 Å². The Morgan fingerprint density at radius 2 is 2.07 bits per heavy atom. The third kappa shape index (κ3) is 4.69. The predicted octanol–water partition coefficient (Wildman–Crippen LogP) is 4.72. The summed E-state index contributed by atoms with van der Waals surface area (Å²) in [4.78, 5) is 28.0. The summed E-state index contributed by atoms with van der Waals surface area (Å²) in [6, 6.07) is 5.70. The zero-order chi connectivity index (χ0) is 20.3. The monoisotopic (exact) mass is 416 g/mol. The van der Waals surface area contributed by atoms with Gasteiger partial charge in [0.1, 0.15) is 10.5 Å². The molecule has 1 amide bonds.